The van der Waals surface area contributed by atoms with E-state index in [4.69, 9.17) is 0 Å². The van der Waals surface area contributed by atoms with Gasteiger partial charge in [-0.25, -0.2) is 0 Å². The molecule has 2 heteroatoms. The number of hydrogen-bond donors (Lipinski definition) is 1. The van der Waals surface area contributed by atoms with Crippen LogP contribution < -0.4 is 5.32 Å². The van der Waals surface area contributed by atoms with Gasteiger partial charge in [-0.15, -0.1) is 12.4 Å². The molecule has 1 unspecified atom stereocenters. The molecule has 0 aromatic rings. The second-order valence-corrected chi connectivity index (χ2v) is 5.77. The molecular formula is C13H26ClN. The Labute approximate surface area is 101 Å². The summed E-state index contributed by atoms with van der Waals surface area (Å²) in [7, 11) is 0. The van der Waals surface area contributed by atoms with Crippen LogP contribution in [0.25, 0.3) is 0 Å². The summed E-state index contributed by atoms with van der Waals surface area (Å²) in [6.45, 7) is 7.16. The number of fused-ring (bicyclic) bond motifs is 1. The van der Waals surface area contributed by atoms with Crippen molar-refractivity contribution >= 4 is 12.4 Å². The van der Waals surface area contributed by atoms with Crippen molar-refractivity contribution < 1.29 is 0 Å². The van der Waals surface area contributed by atoms with E-state index in [2.05, 4.69) is 26.1 Å². The Morgan fingerprint density at radius 2 is 1.80 bits per heavy atom. The van der Waals surface area contributed by atoms with Crippen molar-refractivity contribution in [2.45, 2.75) is 65.0 Å². The minimum absolute atomic E-state index is 0. The SMILES string of the molecule is CC(C)C1CC[C@H]2[C@H](CCC[C@@H]2C)N1.Cl. The lowest BCUT2D eigenvalue weighted by molar-refractivity contribution is 0.111. The van der Waals surface area contributed by atoms with Crippen molar-refractivity contribution in [3.05, 3.63) is 0 Å². The van der Waals surface area contributed by atoms with Crippen LogP contribution in [0.1, 0.15) is 52.9 Å². The van der Waals surface area contributed by atoms with Gasteiger partial charge in [0.05, 0.1) is 0 Å². The van der Waals surface area contributed by atoms with Crippen LogP contribution >= 0.6 is 12.4 Å². The summed E-state index contributed by atoms with van der Waals surface area (Å²) >= 11 is 0. The molecule has 90 valence electrons. The minimum atomic E-state index is 0. The van der Waals surface area contributed by atoms with Gasteiger partial charge in [0.25, 0.3) is 0 Å². The second-order valence-electron chi connectivity index (χ2n) is 5.77. The number of piperidine rings is 1. The Hall–Kier alpha value is 0.250. The third-order valence-electron chi connectivity index (χ3n) is 4.47. The number of halogens is 1. The van der Waals surface area contributed by atoms with E-state index in [1.54, 1.807) is 0 Å². The number of rotatable bonds is 1. The molecule has 0 aromatic heterocycles. The zero-order chi connectivity index (χ0) is 10.1. The zero-order valence-electron chi connectivity index (χ0n) is 10.3. The van der Waals surface area contributed by atoms with Gasteiger partial charge in [0.1, 0.15) is 0 Å². The molecule has 0 aromatic carbocycles. The summed E-state index contributed by atoms with van der Waals surface area (Å²) in [6.07, 6.45) is 7.22. The van der Waals surface area contributed by atoms with Crippen LogP contribution in [0.2, 0.25) is 0 Å². The Bertz CT molecular complexity index is 193. The van der Waals surface area contributed by atoms with Crippen molar-refractivity contribution in [3.63, 3.8) is 0 Å². The van der Waals surface area contributed by atoms with Gasteiger partial charge < -0.3 is 5.32 Å². The Balaban J connectivity index is 0.00000112. The molecular weight excluding hydrogens is 206 g/mol. The number of hydrogen-bond acceptors (Lipinski definition) is 1. The normalized spacial score (nSPS) is 40.8. The van der Waals surface area contributed by atoms with Gasteiger partial charge in [-0.1, -0.05) is 33.6 Å². The van der Waals surface area contributed by atoms with E-state index in [0.29, 0.717) is 0 Å². The van der Waals surface area contributed by atoms with Gasteiger partial charge >= 0.3 is 0 Å². The van der Waals surface area contributed by atoms with Crippen LogP contribution in [0.5, 0.6) is 0 Å². The van der Waals surface area contributed by atoms with E-state index in [0.717, 1.165) is 29.8 Å². The topological polar surface area (TPSA) is 12.0 Å². The molecule has 1 aliphatic carbocycles. The molecule has 0 spiro atoms. The van der Waals surface area contributed by atoms with Gasteiger partial charge in [0, 0.05) is 12.1 Å². The molecule has 0 bridgehead atoms. The summed E-state index contributed by atoms with van der Waals surface area (Å²) in [5, 5.41) is 3.89. The molecule has 4 atom stereocenters. The van der Waals surface area contributed by atoms with E-state index in [1.165, 1.54) is 32.1 Å². The monoisotopic (exact) mass is 231 g/mol. The summed E-state index contributed by atoms with van der Waals surface area (Å²) in [5.41, 5.74) is 0. The molecule has 1 aliphatic heterocycles. The van der Waals surface area contributed by atoms with Crippen LogP contribution in [0.15, 0.2) is 0 Å². The maximum atomic E-state index is 3.89. The van der Waals surface area contributed by atoms with Crippen molar-refractivity contribution in [2.24, 2.45) is 17.8 Å². The molecule has 1 heterocycles. The van der Waals surface area contributed by atoms with Gasteiger partial charge in [-0.05, 0) is 37.0 Å². The molecule has 2 rings (SSSR count). The van der Waals surface area contributed by atoms with E-state index < -0.39 is 0 Å². The van der Waals surface area contributed by atoms with Gasteiger partial charge in [0.2, 0.25) is 0 Å². The van der Waals surface area contributed by atoms with E-state index in [1.807, 2.05) is 0 Å². The lowest BCUT2D eigenvalue weighted by atomic mass is 9.71. The lowest BCUT2D eigenvalue weighted by Crippen LogP contribution is -2.52. The molecule has 1 N–H and O–H groups in total. The predicted octanol–water partition coefficient (Wildman–Crippen LogP) is 3.62. The highest BCUT2D eigenvalue weighted by Crippen LogP contribution is 2.37. The molecule has 2 aliphatic rings. The fourth-order valence-corrected chi connectivity index (χ4v) is 3.43. The first-order valence-electron chi connectivity index (χ1n) is 6.44. The quantitative estimate of drug-likeness (QED) is 0.727. The molecule has 1 saturated carbocycles. The standard InChI is InChI=1S/C13H25N.ClH/c1-9(2)12-8-7-11-10(3)5-4-6-13(11)14-12;/h9-14H,4-8H2,1-3H3;1H/t10-,11+,12?,13-;/m0./s1. The van der Waals surface area contributed by atoms with Crippen LogP contribution in [-0.2, 0) is 0 Å². The Morgan fingerprint density at radius 3 is 2.47 bits per heavy atom. The Morgan fingerprint density at radius 1 is 1.07 bits per heavy atom. The van der Waals surface area contributed by atoms with Gasteiger partial charge in [-0.2, -0.15) is 0 Å². The van der Waals surface area contributed by atoms with Crippen molar-refractivity contribution in [1.82, 2.24) is 5.32 Å². The molecule has 1 nitrogen and oxygen atoms in total. The average molecular weight is 232 g/mol. The van der Waals surface area contributed by atoms with E-state index in [9.17, 15) is 0 Å². The highest BCUT2D eigenvalue weighted by Gasteiger charge is 2.36. The van der Waals surface area contributed by atoms with Gasteiger partial charge in [-0.3, -0.25) is 0 Å². The fourth-order valence-electron chi connectivity index (χ4n) is 3.43. The molecule has 2 fully saturated rings. The van der Waals surface area contributed by atoms with Crippen LogP contribution in [0.3, 0.4) is 0 Å². The molecule has 15 heavy (non-hydrogen) atoms. The second kappa shape index (κ2) is 5.54. The third kappa shape index (κ3) is 2.88. The highest BCUT2D eigenvalue weighted by molar-refractivity contribution is 5.85. The third-order valence-corrected chi connectivity index (χ3v) is 4.47. The predicted molar refractivity (Wildman–Crippen MR) is 68.5 cm³/mol. The first-order valence-corrected chi connectivity index (χ1v) is 6.44. The Kier molecular flexibility index (Phi) is 4.92. The maximum Gasteiger partial charge on any atom is 0.0101 e. The zero-order valence-corrected chi connectivity index (χ0v) is 11.1. The first-order chi connectivity index (χ1) is 6.68. The summed E-state index contributed by atoms with van der Waals surface area (Å²) in [6, 6.07) is 1.64. The van der Waals surface area contributed by atoms with Crippen LogP contribution in [0.4, 0.5) is 0 Å². The first kappa shape index (κ1) is 13.3. The summed E-state index contributed by atoms with van der Waals surface area (Å²) in [5.74, 6) is 2.77. The fraction of sp³-hybridized carbons (Fsp3) is 1.00. The smallest absolute Gasteiger partial charge is 0.0101 e. The van der Waals surface area contributed by atoms with Crippen molar-refractivity contribution in [1.29, 1.82) is 0 Å². The van der Waals surface area contributed by atoms with Crippen LogP contribution in [0, 0.1) is 17.8 Å². The highest BCUT2D eigenvalue weighted by atomic mass is 35.5. The van der Waals surface area contributed by atoms with E-state index >= 15 is 0 Å². The minimum Gasteiger partial charge on any atom is -0.311 e. The molecule has 1 saturated heterocycles. The van der Waals surface area contributed by atoms with E-state index in [-0.39, 0.29) is 12.4 Å². The average Bonchev–Trinajstić information content (AvgIpc) is 2.17. The number of nitrogens with one attached hydrogen (secondary N) is 1. The molecule has 0 radical (unpaired) electrons. The lowest BCUT2D eigenvalue weighted by Gasteiger charge is -2.45. The molecule has 0 amide bonds. The maximum absolute atomic E-state index is 3.89. The van der Waals surface area contributed by atoms with Gasteiger partial charge in [0.15, 0.2) is 0 Å². The summed E-state index contributed by atoms with van der Waals surface area (Å²) < 4.78 is 0. The summed E-state index contributed by atoms with van der Waals surface area (Å²) in [4.78, 5) is 0. The van der Waals surface area contributed by atoms with Crippen molar-refractivity contribution in [2.75, 3.05) is 0 Å². The largest absolute Gasteiger partial charge is 0.311 e. The van der Waals surface area contributed by atoms with Crippen LogP contribution in [-0.4, -0.2) is 12.1 Å². The van der Waals surface area contributed by atoms with Crippen molar-refractivity contribution in [3.8, 4) is 0 Å².